The van der Waals surface area contributed by atoms with Gasteiger partial charge in [-0.1, -0.05) is 0 Å². The van der Waals surface area contributed by atoms with Gasteiger partial charge in [0.05, 0.1) is 12.2 Å². The molecule has 1 saturated carbocycles. The molecule has 0 aromatic carbocycles. The van der Waals surface area contributed by atoms with Crippen molar-refractivity contribution in [3.8, 4) is 0 Å². The van der Waals surface area contributed by atoms with Gasteiger partial charge in [0.25, 0.3) is 0 Å². The lowest BCUT2D eigenvalue weighted by Gasteiger charge is -2.59. The van der Waals surface area contributed by atoms with Crippen LogP contribution in [-0.4, -0.2) is 37.2 Å². The molecule has 1 aliphatic carbocycles. The second-order valence-corrected chi connectivity index (χ2v) is 4.08. The molecule has 2 aliphatic heterocycles. The van der Waals surface area contributed by atoms with Crippen molar-refractivity contribution in [2.45, 2.75) is 25.0 Å². The summed E-state index contributed by atoms with van der Waals surface area (Å²) < 4.78 is 5.68. The fourth-order valence-electron chi connectivity index (χ4n) is 2.82. The fourth-order valence-corrected chi connectivity index (χ4v) is 2.82. The lowest BCUT2D eigenvalue weighted by atomic mass is 9.60. The third kappa shape index (κ3) is 0.397. The van der Waals surface area contributed by atoms with Gasteiger partial charge in [-0.05, 0) is 19.9 Å². The van der Waals surface area contributed by atoms with Gasteiger partial charge in [0, 0.05) is 18.5 Å². The van der Waals surface area contributed by atoms with E-state index >= 15 is 0 Å². The van der Waals surface area contributed by atoms with Crippen LogP contribution in [0.5, 0.6) is 0 Å². The summed E-state index contributed by atoms with van der Waals surface area (Å²) in [7, 11) is 2.20. The number of hydrogen-bond donors (Lipinski definition) is 0. The predicted molar refractivity (Wildman–Crippen MR) is 37.8 cm³/mol. The fraction of sp³-hybridized carbons (Fsp3) is 1.00. The summed E-state index contributed by atoms with van der Waals surface area (Å²) in [5, 5.41) is 0. The first-order valence-electron chi connectivity index (χ1n) is 4.15. The first-order valence-corrected chi connectivity index (χ1v) is 4.15. The van der Waals surface area contributed by atoms with Gasteiger partial charge in [0.1, 0.15) is 0 Å². The van der Waals surface area contributed by atoms with Crippen LogP contribution < -0.4 is 0 Å². The van der Waals surface area contributed by atoms with Crippen LogP contribution in [0, 0.1) is 5.41 Å². The Labute approximate surface area is 61.1 Å². The maximum absolute atomic E-state index is 5.68. The molecule has 3 atom stereocenters. The number of likely N-dealkylation sites (tertiary alicyclic amines) is 1. The third-order valence-corrected chi connectivity index (χ3v) is 3.52. The normalized spacial score (nSPS) is 58.5. The maximum atomic E-state index is 5.68. The standard InChI is InChI=1S/C8H13NO/c1-9-4-7-8(5-9)3-2-6(8)10-7/h6-7H,2-5H2,1H3. The van der Waals surface area contributed by atoms with Crippen LogP contribution in [0.2, 0.25) is 0 Å². The molecule has 3 unspecified atom stereocenters. The number of likely N-dealkylation sites (N-methyl/N-ethyl adjacent to an activating group) is 1. The van der Waals surface area contributed by atoms with Crippen molar-refractivity contribution in [1.29, 1.82) is 0 Å². The molecule has 0 bridgehead atoms. The monoisotopic (exact) mass is 139 g/mol. The van der Waals surface area contributed by atoms with Gasteiger partial charge in [-0.3, -0.25) is 0 Å². The van der Waals surface area contributed by atoms with E-state index in [0.29, 0.717) is 17.6 Å². The molecule has 0 N–H and O–H groups in total. The Balaban J connectivity index is 1.89. The van der Waals surface area contributed by atoms with Crippen molar-refractivity contribution in [2.24, 2.45) is 5.41 Å². The molecule has 3 fully saturated rings. The van der Waals surface area contributed by atoms with Gasteiger partial charge in [-0.15, -0.1) is 0 Å². The Hall–Kier alpha value is -0.0800. The summed E-state index contributed by atoms with van der Waals surface area (Å²) in [6.45, 7) is 2.47. The quantitative estimate of drug-likeness (QED) is 0.484. The minimum atomic E-state index is 0.608. The third-order valence-electron chi connectivity index (χ3n) is 3.52. The summed E-state index contributed by atoms with van der Waals surface area (Å²) in [5.74, 6) is 0. The zero-order valence-electron chi connectivity index (χ0n) is 6.34. The van der Waals surface area contributed by atoms with E-state index in [2.05, 4.69) is 11.9 Å². The van der Waals surface area contributed by atoms with Crippen molar-refractivity contribution in [2.75, 3.05) is 20.1 Å². The summed E-state index contributed by atoms with van der Waals surface area (Å²) in [5.41, 5.74) is 0.648. The van der Waals surface area contributed by atoms with E-state index in [4.69, 9.17) is 4.74 Å². The molecule has 56 valence electrons. The molecule has 1 spiro atoms. The Morgan fingerprint density at radius 1 is 1.50 bits per heavy atom. The molecule has 3 aliphatic rings. The first kappa shape index (κ1) is 5.56. The largest absolute Gasteiger partial charge is 0.372 e. The van der Waals surface area contributed by atoms with Crippen LogP contribution in [-0.2, 0) is 4.74 Å². The molecular weight excluding hydrogens is 126 g/mol. The minimum absolute atomic E-state index is 0.608. The Morgan fingerprint density at radius 2 is 2.40 bits per heavy atom. The average Bonchev–Trinajstić information content (AvgIpc) is 2.21. The summed E-state index contributed by atoms with van der Waals surface area (Å²) in [6.07, 6.45) is 4.01. The van der Waals surface area contributed by atoms with Crippen LogP contribution in [0.3, 0.4) is 0 Å². The molecule has 0 amide bonds. The summed E-state index contributed by atoms with van der Waals surface area (Å²) in [4.78, 5) is 2.41. The predicted octanol–water partition coefficient (Wildman–Crippen LogP) is 0.479. The van der Waals surface area contributed by atoms with Gasteiger partial charge >= 0.3 is 0 Å². The molecule has 2 heterocycles. The SMILES string of the molecule is CN1CC2OC3CCC32C1. The molecule has 10 heavy (non-hydrogen) atoms. The number of hydrogen-bond acceptors (Lipinski definition) is 2. The highest BCUT2D eigenvalue weighted by Crippen LogP contribution is 2.58. The van der Waals surface area contributed by atoms with Gasteiger partial charge in [0.15, 0.2) is 0 Å². The summed E-state index contributed by atoms with van der Waals surface area (Å²) in [6, 6.07) is 0. The molecule has 0 radical (unpaired) electrons. The number of ether oxygens (including phenoxy) is 1. The lowest BCUT2D eigenvalue weighted by Crippen LogP contribution is -2.65. The molecule has 3 rings (SSSR count). The van der Waals surface area contributed by atoms with Crippen molar-refractivity contribution in [3.05, 3.63) is 0 Å². The van der Waals surface area contributed by atoms with Crippen LogP contribution in [0.15, 0.2) is 0 Å². The highest BCUT2D eigenvalue weighted by Gasteiger charge is 2.65. The molecule has 2 nitrogen and oxygen atoms in total. The first-order chi connectivity index (χ1) is 4.81. The molecular formula is C8H13NO. The lowest BCUT2D eigenvalue weighted by molar-refractivity contribution is -0.280. The van der Waals surface area contributed by atoms with Crippen molar-refractivity contribution >= 4 is 0 Å². The van der Waals surface area contributed by atoms with Crippen LogP contribution >= 0.6 is 0 Å². The smallest absolute Gasteiger partial charge is 0.0799 e. The van der Waals surface area contributed by atoms with Crippen LogP contribution in [0.1, 0.15) is 12.8 Å². The molecule has 2 heteroatoms. The van der Waals surface area contributed by atoms with Gasteiger partial charge < -0.3 is 9.64 Å². The zero-order valence-corrected chi connectivity index (χ0v) is 6.34. The van der Waals surface area contributed by atoms with Crippen molar-refractivity contribution in [1.82, 2.24) is 4.90 Å². The van der Waals surface area contributed by atoms with Gasteiger partial charge in [-0.25, -0.2) is 0 Å². The van der Waals surface area contributed by atoms with E-state index < -0.39 is 0 Å². The van der Waals surface area contributed by atoms with E-state index in [-0.39, 0.29) is 0 Å². The summed E-state index contributed by atoms with van der Waals surface area (Å²) >= 11 is 0. The maximum Gasteiger partial charge on any atom is 0.0799 e. The average molecular weight is 139 g/mol. The number of rotatable bonds is 0. The molecule has 0 aromatic rings. The Morgan fingerprint density at radius 3 is 2.80 bits per heavy atom. The number of nitrogens with zero attached hydrogens (tertiary/aromatic N) is 1. The van der Waals surface area contributed by atoms with E-state index in [1.165, 1.54) is 25.9 Å². The Bertz CT molecular complexity index is 182. The minimum Gasteiger partial charge on any atom is -0.372 e. The van der Waals surface area contributed by atoms with Gasteiger partial charge in [-0.2, -0.15) is 0 Å². The van der Waals surface area contributed by atoms with Crippen molar-refractivity contribution < 1.29 is 4.74 Å². The van der Waals surface area contributed by atoms with Gasteiger partial charge in [0.2, 0.25) is 0 Å². The van der Waals surface area contributed by atoms with E-state index in [1.807, 2.05) is 0 Å². The van der Waals surface area contributed by atoms with Crippen LogP contribution in [0.4, 0.5) is 0 Å². The second-order valence-electron chi connectivity index (χ2n) is 4.08. The highest BCUT2D eigenvalue weighted by atomic mass is 16.5. The highest BCUT2D eigenvalue weighted by molar-refractivity contribution is 5.15. The Kier molecular flexibility index (Phi) is 0.783. The zero-order chi connectivity index (χ0) is 6.77. The van der Waals surface area contributed by atoms with E-state index in [9.17, 15) is 0 Å². The second kappa shape index (κ2) is 1.41. The molecule has 0 aromatic heterocycles. The van der Waals surface area contributed by atoms with E-state index in [1.54, 1.807) is 0 Å². The van der Waals surface area contributed by atoms with Crippen molar-refractivity contribution in [3.63, 3.8) is 0 Å². The van der Waals surface area contributed by atoms with E-state index in [0.717, 1.165) is 0 Å². The van der Waals surface area contributed by atoms with Crippen LogP contribution in [0.25, 0.3) is 0 Å². The molecule has 2 saturated heterocycles. The topological polar surface area (TPSA) is 12.5 Å².